The highest BCUT2D eigenvalue weighted by Gasteiger charge is 2.04. The second-order valence-corrected chi connectivity index (χ2v) is 5.45. The summed E-state index contributed by atoms with van der Waals surface area (Å²) in [6, 6.07) is 16.1. The fourth-order valence-electron chi connectivity index (χ4n) is 2.17. The van der Waals surface area contributed by atoms with Gasteiger partial charge in [0, 0.05) is 25.5 Å². The first-order valence-corrected chi connectivity index (χ1v) is 7.52. The van der Waals surface area contributed by atoms with Gasteiger partial charge in [0.1, 0.15) is 4.60 Å². The summed E-state index contributed by atoms with van der Waals surface area (Å²) in [7, 11) is 0. The van der Waals surface area contributed by atoms with Crippen molar-refractivity contribution in [2.75, 3.05) is 0 Å². The number of halogens is 1. The lowest BCUT2D eigenvalue weighted by Crippen LogP contribution is -2.15. The Balaban J connectivity index is 1.69. The molecule has 0 atom stereocenters. The predicted molar refractivity (Wildman–Crippen MR) is 86.0 cm³/mol. The minimum atomic E-state index is 0.729. The summed E-state index contributed by atoms with van der Waals surface area (Å²) < 4.78 is 2.74. The molecule has 0 radical (unpaired) electrons. The summed E-state index contributed by atoms with van der Waals surface area (Å²) in [6.45, 7) is 1.50. The molecular formula is C16H15BrN4. The van der Waals surface area contributed by atoms with Crippen molar-refractivity contribution in [3.63, 3.8) is 0 Å². The normalized spacial score (nSPS) is 10.7. The number of hydrogen-bond donors (Lipinski definition) is 1. The van der Waals surface area contributed by atoms with Gasteiger partial charge >= 0.3 is 0 Å². The zero-order valence-corrected chi connectivity index (χ0v) is 13.0. The van der Waals surface area contributed by atoms with Crippen molar-refractivity contribution in [2.45, 2.75) is 13.1 Å². The molecule has 0 aliphatic rings. The van der Waals surface area contributed by atoms with Gasteiger partial charge in [-0.05, 0) is 45.8 Å². The SMILES string of the molecule is Brc1cccc(CNCc2ccccc2-n2cccn2)n1. The Morgan fingerprint density at radius 1 is 1.00 bits per heavy atom. The van der Waals surface area contributed by atoms with Gasteiger partial charge in [-0.25, -0.2) is 9.67 Å². The number of nitrogens with zero attached hydrogens (tertiary/aromatic N) is 3. The first-order valence-electron chi connectivity index (χ1n) is 6.73. The molecule has 0 aliphatic carbocycles. The van der Waals surface area contributed by atoms with Crippen molar-refractivity contribution in [1.82, 2.24) is 20.1 Å². The van der Waals surface area contributed by atoms with Gasteiger partial charge < -0.3 is 5.32 Å². The maximum atomic E-state index is 4.41. The van der Waals surface area contributed by atoms with Gasteiger partial charge in [-0.3, -0.25) is 0 Å². The molecule has 1 aromatic carbocycles. The molecule has 0 bridgehead atoms. The lowest BCUT2D eigenvalue weighted by Gasteiger charge is -2.10. The molecule has 0 amide bonds. The van der Waals surface area contributed by atoms with Crippen LogP contribution in [0.15, 0.2) is 65.5 Å². The Kier molecular flexibility index (Phi) is 4.43. The highest BCUT2D eigenvalue weighted by Crippen LogP contribution is 2.13. The molecule has 106 valence electrons. The molecule has 0 spiro atoms. The lowest BCUT2D eigenvalue weighted by atomic mass is 10.1. The van der Waals surface area contributed by atoms with Gasteiger partial charge in [0.05, 0.1) is 11.4 Å². The zero-order valence-electron chi connectivity index (χ0n) is 11.4. The third kappa shape index (κ3) is 3.56. The molecule has 3 aromatic rings. The van der Waals surface area contributed by atoms with Crippen LogP contribution in [0.3, 0.4) is 0 Å². The summed E-state index contributed by atoms with van der Waals surface area (Å²) >= 11 is 3.39. The molecule has 0 saturated carbocycles. The second kappa shape index (κ2) is 6.65. The molecule has 2 aromatic heterocycles. The maximum Gasteiger partial charge on any atom is 0.106 e. The second-order valence-electron chi connectivity index (χ2n) is 4.63. The minimum Gasteiger partial charge on any atom is -0.307 e. The Bertz CT molecular complexity index is 710. The van der Waals surface area contributed by atoms with E-state index in [1.165, 1.54) is 5.56 Å². The number of para-hydroxylation sites is 1. The summed E-state index contributed by atoms with van der Waals surface area (Å²) in [5.41, 5.74) is 3.31. The number of hydrogen-bond acceptors (Lipinski definition) is 3. The van der Waals surface area contributed by atoms with E-state index in [2.05, 4.69) is 43.5 Å². The van der Waals surface area contributed by atoms with E-state index in [0.29, 0.717) is 0 Å². The first kappa shape index (κ1) is 14.0. The number of rotatable bonds is 5. The Hall–Kier alpha value is -1.98. The van der Waals surface area contributed by atoms with E-state index in [4.69, 9.17) is 0 Å². The highest BCUT2D eigenvalue weighted by molar-refractivity contribution is 9.10. The minimum absolute atomic E-state index is 0.729. The Morgan fingerprint density at radius 3 is 2.71 bits per heavy atom. The van der Waals surface area contributed by atoms with Gasteiger partial charge in [0.25, 0.3) is 0 Å². The lowest BCUT2D eigenvalue weighted by molar-refractivity contribution is 0.673. The van der Waals surface area contributed by atoms with E-state index < -0.39 is 0 Å². The predicted octanol–water partition coefficient (Wildman–Crippen LogP) is 3.32. The zero-order chi connectivity index (χ0) is 14.5. The van der Waals surface area contributed by atoms with Gasteiger partial charge in [0.15, 0.2) is 0 Å². The van der Waals surface area contributed by atoms with E-state index >= 15 is 0 Å². The standard InChI is InChI=1S/C16H15BrN4/c17-16-8-3-6-14(20-16)12-18-11-13-5-1-2-7-15(13)21-10-4-9-19-21/h1-10,18H,11-12H2. The number of nitrogens with one attached hydrogen (secondary N) is 1. The Morgan fingerprint density at radius 2 is 1.90 bits per heavy atom. The van der Waals surface area contributed by atoms with E-state index in [0.717, 1.165) is 29.1 Å². The van der Waals surface area contributed by atoms with Crippen LogP contribution in [0.4, 0.5) is 0 Å². The molecule has 2 heterocycles. The average Bonchev–Trinajstić information content (AvgIpc) is 3.02. The van der Waals surface area contributed by atoms with E-state index in [-0.39, 0.29) is 0 Å². The molecule has 4 nitrogen and oxygen atoms in total. The van der Waals surface area contributed by atoms with E-state index in [1.54, 1.807) is 6.20 Å². The molecule has 5 heteroatoms. The summed E-state index contributed by atoms with van der Waals surface area (Å²) in [5, 5.41) is 7.72. The largest absolute Gasteiger partial charge is 0.307 e. The van der Waals surface area contributed by atoms with Gasteiger partial charge in [-0.15, -0.1) is 0 Å². The quantitative estimate of drug-likeness (QED) is 0.723. The van der Waals surface area contributed by atoms with Crippen LogP contribution in [0, 0.1) is 0 Å². The smallest absolute Gasteiger partial charge is 0.106 e. The Labute approximate surface area is 132 Å². The van der Waals surface area contributed by atoms with Crippen molar-refractivity contribution >= 4 is 15.9 Å². The van der Waals surface area contributed by atoms with Crippen LogP contribution >= 0.6 is 15.9 Å². The third-order valence-electron chi connectivity index (χ3n) is 3.14. The van der Waals surface area contributed by atoms with Crippen LogP contribution in [-0.4, -0.2) is 14.8 Å². The van der Waals surface area contributed by atoms with Crippen LogP contribution in [0.25, 0.3) is 5.69 Å². The van der Waals surface area contributed by atoms with E-state index in [9.17, 15) is 0 Å². The highest BCUT2D eigenvalue weighted by atomic mass is 79.9. The number of benzene rings is 1. The fourth-order valence-corrected chi connectivity index (χ4v) is 2.55. The van der Waals surface area contributed by atoms with Crippen LogP contribution in [-0.2, 0) is 13.1 Å². The van der Waals surface area contributed by atoms with Gasteiger partial charge in [0.2, 0.25) is 0 Å². The molecule has 3 rings (SSSR count). The van der Waals surface area contributed by atoms with Crippen molar-refractivity contribution in [1.29, 1.82) is 0 Å². The molecule has 0 saturated heterocycles. The summed E-state index contributed by atoms with van der Waals surface area (Å²) in [4.78, 5) is 4.41. The maximum absolute atomic E-state index is 4.41. The summed E-state index contributed by atoms with van der Waals surface area (Å²) in [5.74, 6) is 0. The molecule has 1 N–H and O–H groups in total. The fraction of sp³-hybridized carbons (Fsp3) is 0.125. The molecule has 0 unspecified atom stereocenters. The van der Waals surface area contributed by atoms with E-state index in [1.807, 2.05) is 47.3 Å². The van der Waals surface area contributed by atoms with Gasteiger partial charge in [-0.1, -0.05) is 24.3 Å². The number of aromatic nitrogens is 3. The van der Waals surface area contributed by atoms with Crippen LogP contribution in [0.1, 0.15) is 11.3 Å². The molecule has 0 fully saturated rings. The van der Waals surface area contributed by atoms with Crippen molar-refractivity contribution in [3.8, 4) is 5.69 Å². The van der Waals surface area contributed by atoms with Crippen LogP contribution in [0.2, 0.25) is 0 Å². The third-order valence-corrected chi connectivity index (χ3v) is 3.58. The van der Waals surface area contributed by atoms with Crippen molar-refractivity contribution in [2.24, 2.45) is 0 Å². The topological polar surface area (TPSA) is 42.7 Å². The van der Waals surface area contributed by atoms with Crippen LogP contribution in [0.5, 0.6) is 0 Å². The van der Waals surface area contributed by atoms with Crippen molar-refractivity contribution < 1.29 is 0 Å². The molecule has 0 aliphatic heterocycles. The monoisotopic (exact) mass is 342 g/mol. The van der Waals surface area contributed by atoms with Crippen LogP contribution < -0.4 is 5.32 Å². The molecule has 21 heavy (non-hydrogen) atoms. The molecular weight excluding hydrogens is 328 g/mol. The number of pyridine rings is 1. The first-order chi connectivity index (χ1) is 10.3. The van der Waals surface area contributed by atoms with Gasteiger partial charge in [-0.2, -0.15) is 5.10 Å². The van der Waals surface area contributed by atoms with Crippen molar-refractivity contribution in [3.05, 3.63) is 76.8 Å². The summed E-state index contributed by atoms with van der Waals surface area (Å²) in [6.07, 6.45) is 3.74. The average molecular weight is 343 g/mol.